The largest absolute Gasteiger partial charge is 0.372 e. The maximum atomic E-state index is 13.1. The predicted molar refractivity (Wildman–Crippen MR) is 128 cm³/mol. The number of anilines is 1. The zero-order chi connectivity index (χ0) is 24.6. The summed E-state index contributed by atoms with van der Waals surface area (Å²) in [6.45, 7) is 6.02. The molecule has 1 aromatic carbocycles. The first-order valence-electron chi connectivity index (χ1n) is 12.6. The SMILES string of the molecule is NCCCCN1CCOC2(CCN(c3ccc4c(c3)C(=O)N(C3CCC(=O)NC3=O)C4=O)CC2)C1. The number of morpholine rings is 1. The second-order valence-electron chi connectivity index (χ2n) is 9.97. The molecule has 0 bridgehead atoms. The summed E-state index contributed by atoms with van der Waals surface area (Å²) in [7, 11) is 0. The number of carbonyl (C=O) groups is 4. The van der Waals surface area contributed by atoms with Gasteiger partial charge in [0, 0.05) is 38.3 Å². The number of rotatable bonds is 6. The van der Waals surface area contributed by atoms with Crippen LogP contribution >= 0.6 is 0 Å². The molecule has 10 heteroatoms. The highest BCUT2D eigenvalue weighted by Crippen LogP contribution is 2.35. The number of nitrogens with two attached hydrogens (primary N) is 1. The number of unbranched alkanes of at least 4 members (excludes halogenated alkanes) is 1. The molecule has 1 aromatic rings. The van der Waals surface area contributed by atoms with E-state index in [1.54, 1.807) is 12.1 Å². The number of amides is 4. The average molecular weight is 484 g/mol. The van der Waals surface area contributed by atoms with E-state index in [-0.39, 0.29) is 24.3 Å². The van der Waals surface area contributed by atoms with Gasteiger partial charge in [-0.2, -0.15) is 0 Å². The number of benzene rings is 1. The minimum Gasteiger partial charge on any atom is -0.372 e. The molecule has 10 nitrogen and oxygen atoms in total. The third-order valence-electron chi connectivity index (χ3n) is 7.72. The number of hydrogen-bond donors (Lipinski definition) is 2. The van der Waals surface area contributed by atoms with Crippen molar-refractivity contribution >= 4 is 29.3 Å². The van der Waals surface area contributed by atoms with E-state index in [1.165, 1.54) is 0 Å². The van der Waals surface area contributed by atoms with Crippen molar-refractivity contribution in [3.8, 4) is 0 Å². The van der Waals surface area contributed by atoms with Gasteiger partial charge in [-0.3, -0.25) is 34.3 Å². The summed E-state index contributed by atoms with van der Waals surface area (Å²) in [5.41, 5.74) is 7.01. The van der Waals surface area contributed by atoms with Gasteiger partial charge in [0.15, 0.2) is 0 Å². The number of ether oxygens (including phenoxy) is 1. The normalized spacial score (nSPS) is 24.8. The Morgan fingerprint density at radius 3 is 2.54 bits per heavy atom. The molecule has 188 valence electrons. The fourth-order valence-electron chi connectivity index (χ4n) is 5.72. The molecule has 1 spiro atoms. The van der Waals surface area contributed by atoms with Crippen molar-refractivity contribution in [1.82, 2.24) is 15.1 Å². The van der Waals surface area contributed by atoms with Crippen LogP contribution < -0.4 is 16.0 Å². The first-order valence-corrected chi connectivity index (χ1v) is 12.6. The molecule has 0 aromatic heterocycles. The van der Waals surface area contributed by atoms with Crippen molar-refractivity contribution in [2.24, 2.45) is 5.73 Å². The average Bonchev–Trinajstić information content (AvgIpc) is 3.09. The molecule has 4 heterocycles. The van der Waals surface area contributed by atoms with Gasteiger partial charge in [0.05, 0.1) is 23.3 Å². The lowest BCUT2D eigenvalue weighted by Crippen LogP contribution is -2.57. The van der Waals surface area contributed by atoms with Crippen LogP contribution in [0, 0.1) is 0 Å². The molecular weight excluding hydrogens is 450 g/mol. The van der Waals surface area contributed by atoms with Gasteiger partial charge in [-0.25, -0.2) is 0 Å². The van der Waals surface area contributed by atoms with Gasteiger partial charge in [-0.05, 0) is 63.4 Å². The van der Waals surface area contributed by atoms with Crippen molar-refractivity contribution in [3.63, 3.8) is 0 Å². The van der Waals surface area contributed by atoms with Gasteiger partial charge in [0.1, 0.15) is 6.04 Å². The minimum absolute atomic E-state index is 0.108. The third-order valence-corrected chi connectivity index (χ3v) is 7.72. The van der Waals surface area contributed by atoms with Crippen LogP contribution in [-0.2, 0) is 14.3 Å². The molecule has 3 fully saturated rings. The van der Waals surface area contributed by atoms with Gasteiger partial charge < -0.3 is 15.4 Å². The molecule has 35 heavy (non-hydrogen) atoms. The van der Waals surface area contributed by atoms with Crippen LogP contribution in [0.3, 0.4) is 0 Å². The van der Waals surface area contributed by atoms with Crippen LogP contribution in [0.5, 0.6) is 0 Å². The molecule has 3 N–H and O–H groups in total. The number of nitrogens with one attached hydrogen (secondary N) is 1. The van der Waals surface area contributed by atoms with Crippen molar-refractivity contribution in [3.05, 3.63) is 29.3 Å². The first kappa shape index (κ1) is 23.9. The minimum atomic E-state index is -0.949. The van der Waals surface area contributed by atoms with Crippen molar-refractivity contribution in [2.45, 2.75) is 50.2 Å². The fraction of sp³-hybridized carbons (Fsp3) is 0.600. The van der Waals surface area contributed by atoms with Crippen LogP contribution in [0.4, 0.5) is 5.69 Å². The Kier molecular flexibility index (Phi) is 6.61. The Labute approximate surface area is 204 Å². The Morgan fingerprint density at radius 1 is 1.03 bits per heavy atom. The van der Waals surface area contributed by atoms with Gasteiger partial charge in [-0.15, -0.1) is 0 Å². The van der Waals surface area contributed by atoms with E-state index in [9.17, 15) is 19.2 Å². The van der Waals surface area contributed by atoms with Crippen molar-refractivity contribution in [2.75, 3.05) is 50.8 Å². The van der Waals surface area contributed by atoms with Crippen molar-refractivity contribution in [1.29, 1.82) is 0 Å². The van der Waals surface area contributed by atoms with Crippen LogP contribution in [-0.4, -0.2) is 90.9 Å². The summed E-state index contributed by atoms with van der Waals surface area (Å²) in [5, 5.41) is 2.23. The Bertz CT molecular complexity index is 1040. The highest BCUT2D eigenvalue weighted by Gasteiger charge is 2.45. The highest BCUT2D eigenvalue weighted by molar-refractivity contribution is 6.23. The summed E-state index contributed by atoms with van der Waals surface area (Å²) in [4.78, 5) is 55.6. The van der Waals surface area contributed by atoms with Gasteiger partial charge >= 0.3 is 0 Å². The zero-order valence-corrected chi connectivity index (χ0v) is 20.0. The number of carbonyl (C=O) groups excluding carboxylic acids is 4. The number of fused-ring (bicyclic) bond motifs is 1. The van der Waals surface area contributed by atoms with Crippen molar-refractivity contribution < 1.29 is 23.9 Å². The van der Waals surface area contributed by atoms with E-state index in [0.717, 1.165) is 82.1 Å². The number of hydrogen-bond acceptors (Lipinski definition) is 8. The molecule has 0 radical (unpaired) electrons. The van der Waals surface area contributed by atoms with E-state index in [2.05, 4.69) is 15.1 Å². The summed E-state index contributed by atoms with van der Waals surface area (Å²) in [5.74, 6) is -1.93. The Morgan fingerprint density at radius 2 is 1.80 bits per heavy atom. The molecule has 1 unspecified atom stereocenters. The molecule has 4 aliphatic rings. The number of piperidine rings is 2. The van der Waals surface area contributed by atoms with E-state index in [1.807, 2.05) is 6.07 Å². The molecule has 4 aliphatic heterocycles. The smallest absolute Gasteiger partial charge is 0.262 e. The molecule has 0 saturated carbocycles. The van der Waals surface area contributed by atoms with E-state index in [4.69, 9.17) is 10.5 Å². The molecule has 4 amide bonds. The number of imide groups is 2. The maximum absolute atomic E-state index is 13.1. The molecule has 5 rings (SSSR count). The lowest BCUT2D eigenvalue weighted by Gasteiger charge is -2.48. The second-order valence-corrected chi connectivity index (χ2v) is 9.97. The van der Waals surface area contributed by atoms with Gasteiger partial charge in [0.2, 0.25) is 11.8 Å². The lowest BCUT2D eigenvalue weighted by atomic mass is 9.89. The summed E-state index contributed by atoms with van der Waals surface area (Å²) < 4.78 is 6.27. The van der Waals surface area contributed by atoms with E-state index >= 15 is 0 Å². The summed E-state index contributed by atoms with van der Waals surface area (Å²) in [6.07, 6.45) is 4.20. The highest BCUT2D eigenvalue weighted by atomic mass is 16.5. The van der Waals surface area contributed by atoms with Crippen LogP contribution in [0.1, 0.15) is 59.2 Å². The first-order chi connectivity index (χ1) is 16.9. The summed E-state index contributed by atoms with van der Waals surface area (Å²) >= 11 is 0. The van der Waals surface area contributed by atoms with Crippen LogP contribution in [0.15, 0.2) is 18.2 Å². The Hall–Kier alpha value is -2.82. The third kappa shape index (κ3) is 4.57. The predicted octanol–water partition coefficient (Wildman–Crippen LogP) is 0.498. The van der Waals surface area contributed by atoms with Gasteiger partial charge in [-0.1, -0.05) is 0 Å². The molecular formula is C25H33N5O5. The van der Waals surface area contributed by atoms with Gasteiger partial charge in [0.25, 0.3) is 11.8 Å². The standard InChI is InChI=1S/C25H33N5O5/c26-9-1-2-10-28-13-14-35-25(16-28)7-11-29(12-8-25)17-3-4-18-19(15-17)24(34)30(23(18)33)20-5-6-21(31)27-22(20)32/h3-4,15,20H,1-2,5-14,16,26H2,(H,27,31,32). The number of nitrogens with zero attached hydrogens (tertiary/aromatic N) is 3. The summed E-state index contributed by atoms with van der Waals surface area (Å²) in [6, 6.07) is 4.36. The quantitative estimate of drug-likeness (QED) is 0.443. The zero-order valence-electron chi connectivity index (χ0n) is 20.0. The molecule has 1 atom stereocenters. The van der Waals surface area contributed by atoms with E-state index < -0.39 is 23.8 Å². The molecule has 0 aliphatic carbocycles. The lowest BCUT2D eigenvalue weighted by molar-refractivity contribution is -0.136. The molecule has 3 saturated heterocycles. The van der Waals surface area contributed by atoms with E-state index in [0.29, 0.717) is 11.1 Å². The fourth-order valence-corrected chi connectivity index (χ4v) is 5.72. The Balaban J connectivity index is 1.25. The van der Waals surface area contributed by atoms with Crippen LogP contribution in [0.2, 0.25) is 0 Å². The second kappa shape index (κ2) is 9.67. The monoisotopic (exact) mass is 483 g/mol. The topological polar surface area (TPSA) is 125 Å². The maximum Gasteiger partial charge on any atom is 0.262 e. The van der Waals surface area contributed by atoms with Crippen LogP contribution in [0.25, 0.3) is 0 Å².